The largest absolute Gasteiger partial charge is 0.349 e. The molecule has 1 saturated heterocycles. The predicted octanol–water partition coefficient (Wildman–Crippen LogP) is 4.21. The van der Waals surface area contributed by atoms with Crippen molar-refractivity contribution >= 4 is 12.0 Å². The van der Waals surface area contributed by atoms with E-state index in [2.05, 4.69) is 37.5 Å². The van der Waals surface area contributed by atoms with E-state index in [9.17, 15) is 10.1 Å². The predicted molar refractivity (Wildman–Crippen MR) is 97.5 cm³/mol. The fraction of sp³-hybridized carbons (Fsp3) is 0.600. The van der Waals surface area contributed by atoms with Crippen LogP contribution in [0.4, 0.5) is 0 Å². The third kappa shape index (κ3) is 4.29. The molecule has 0 saturated carbocycles. The van der Waals surface area contributed by atoms with Crippen LogP contribution >= 0.6 is 0 Å². The highest BCUT2D eigenvalue weighted by Crippen LogP contribution is 2.20. The van der Waals surface area contributed by atoms with E-state index in [1.54, 1.807) is 6.08 Å². The molecule has 0 spiro atoms. The van der Waals surface area contributed by atoms with Gasteiger partial charge in [0.05, 0.1) is 0 Å². The van der Waals surface area contributed by atoms with Crippen LogP contribution in [0.3, 0.4) is 0 Å². The fourth-order valence-corrected chi connectivity index (χ4v) is 3.46. The quantitative estimate of drug-likeness (QED) is 0.614. The van der Waals surface area contributed by atoms with Crippen LogP contribution in [0.25, 0.3) is 6.08 Å². The molecule has 1 aliphatic rings. The number of likely N-dealkylation sites (tertiary alicyclic amines) is 1. The van der Waals surface area contributed by atoms with Gasteiger partial charge in [0.2, 0.25) is 0 Å². The lowest BCUT2D eigenvalue weighted by Gasteiger charge is -2.24. The number of amides is 1. The summed E-state index contributed by atoms with van der Waals surface area (Å²) in [6.07, 6.45) is 8.52. The van der Waals surface area contributed by atoms with Gasteiger partial charge in [0.15, 0.2) is 0 Å². The lowest BCUT2D eigenvalue weighted by atomic mass is 10.1. The molecule has 2 rings (SSSR count). The van der Waals surface area contributed by atoms with Crippen molar-refractivity contribution in [2.24, 2.45) is 0 Å². The molecule has 130 valence electrons. The summed E-state index contributed by atoms with van der Waals surface area (Å²) in [6.45, 7) is 8.80. The Kier molecular flexibility index (Phi) is 6.66. The summed E-state index contributed by atoms with van der Waals surface area (Å²) in [5.41, 5.74) is 3.55. The van der Waals surface area contributed by atoms with Crippen molar-refractivity contribution in [2.75, 3.05) is 13.1 Å². The second-order valence-electron chi connectivity index (χ2n) is 6.71. The summed E-state index contributed by atoms with van der Waals surface area (Å²) < 4.78 is 2.25. The van der Waals surface area contributed by atoms with Crippen LogP contribution in [-0.2, 0) is 11.3 Å². The van der Waals surface area contributed by atoms with E-state index in [0.717, 1.165) is 50.2 Å². The van der Waals surface area contributed by atoms with Crippen LogP contribution in [0.5, 0.6) is 0 Å². The zero-order chi connectivity index (χ0) is 17.5. The number of nitriles is 1. The number of aryl methyl sites for hydroxylation is 1. The summed E-state index contributed by atoms with van der Waals surface area (Å²) in [6, 6.07) is 4.20. The smallest absolute Gasteiger partial charge is 0.264 e. The lowest BCUT2D eigenvalue weighted by molar-refractivity contribution is -0.127. The zero-order valence-corrected chi connectivity index (χ0v) is 15.3. The number of carbonyl (C=O) groups excluding carboxylic acids is 1. The fourth-order valence-electron chi connectivity index (χ4n) is 3.46. The molecule has 24 heavy (non-hydrogen) atoms. The van der Waals surface area contributed by atoms with E-state index < -0.39 is 0 Å². The highest BCUT2D eigenvalue weighted by Gasteiger charge is 2.19. The maximum absolute atomic E-state index is 12.8. The zero-order valence-electron chi connectivity index (χ0n) is 15.3. The Balaban J connectivity index is 2.23. The maximum Gasteiger partial charge on any atom is 0.264 e. The standard InChI is InChI=1S/C20H29N3O/c1-4-10-23-16(2)13-18(17(23)3)14-19(15-21)20(24)22-11-8-6-5-7-9-12-22/h13-14H,4-12H2,1-3H3/b19-14+. The van der Waals surface area contributed by atoms with Gasteiger partial charge in [0.1, 0.15) is 11.6 Å². The highest BCUT2D eigenvalue weighted by atomic mass is 16.2. The number of hydrogen-bond donors (Lipinski definition) is 0. The van der Waals surface area contributed by atoms with Crippen LogP contribution in [0.2, 0.25) is 0 Å². The van der Waals surface area contributed by atoms with E-state index in [0.29, 0.717) is 0 Å². The molecule has 1 aromatic heterocycles. The Hall–Kier alpha value is -2.02. The molecule has 2 heterocycles. The van der Waals surface area contributed by atoms with Gasteiger partial charge in [0.25, 0.3) is 5.91 Å². The topological polar surface area (TPSA) is 49.0 Å². The molecular weight excluding hydrogens is 298 g/mol. The maximum atomic E-state index is 12.8. The molecule has 0 aromatic carbocycles. The van der Waals surface area contributed by atoms with Gasteiger partial charge in [-0.15, -0.1) is 0 Å². The molecule has 1 fully saturated rings. The Morgan fingerprint density at radius 3 is 2.42 bits per heavy atom. The molecule has 0 atom stereocenters. The van der Waals surface area contributed by atoms with Crippen LogP contribution in [0, 0.1) is 25.2 Å². The average molecular weight is 327 g/mol. The van der Waals surface area contributed by atoms with Crippen molar-refractivity contribution in [3.05, 3.63) is 28.6 Å². The first-order valence-corrected chi connectivity index (χ1v) is 9.16. The number of hydrogen-bond acceptors (Lipinski definition) is 2. The first-order chi connectivity index (χ1) is 11.6. The normalized spacial score (nSPS) is 16.4. The Bertz CT molecular complexity index is 641. The van der Waals surface area contributed by atoms with Crippen molar-refractivity contribution in [3.8, 4) is 6.07 Å². The van der Waals surface area contributed by atoms with E-state index >= 15 is 0 Å². The van der Waals surface area contributed by atoms with Gasteiger partial charge in [-0.2, -0.15) is 5.26 Å². The second kappa shape index (κ2) is 8.73. The van der Waals surface area contributed by atoms with Crippen molar-refractivity contribution in [1.82, 2.24) is 9.47 Å². The lowest BCUT2D eigenvalue weighted by Crippen LogP contribution is -2.34. The molecular formula is C20H29N3O. The number of carbonyl (C=O) groups is 1. The van der Waals surface area contributed by atoms with Gasteiger partial charge in [0, 0.05) is 31.0 Å². The SMILES string of the molecule is CCCn1c(C)cc(/C=C(\C#N)C(=O)N2CCCCCCC2)c1C. The van der Waals surface area contributed by atoms with Gasteiger partial charge >= 0.3 is 0 Å². The van der Waals surface area contributed by atoms with Gasteiger partial charge in [-0.25, -0.2) is 0 Å². The van der Waals surface area contributed by atoms with Crippen LogP contribution in [0.15, 0.2) is 11.6 Å². The van der Waals surface area contributed by atoms with E-state index in [-0.39, 0.29) is 11.5 Å². The van der Waals surface area contributed by atoms with Crippen molar-refractivity contribution in [2.45, 2.75) is 65.8 Å². The first kappa shape index (κ1) is 18.3. The van der Waals surface area contributed by atoms with Crippen LogP contribution in [0.1, 0.15) is 62.4 Å². The third-order valence-corrected chi connectivity index (χ3v) is 4.85. The molecule has 1 amide bonds. The van der Waals surface area contributed by atoms with Crippen LogP contribution < -0.4 is 0 Å². The third-order valence-electron chi connectivity index (χ3n) is 4.85. The summed E-state index contributed by atoms with van der Waals surface area (Å²) in [5, 5.41) is 9.51. The number of nitrogens with zero attached hydrogens (tertiary/aromatic N) is 3. The van der Waals surface area contributed by atoms with E-state index in [1.165, 1.54) is 25.0 Å². The average Bonchev–Trinajstić information content (AvgIpc) is 2.79. The molecule has 0 N–H and O–H groups in total. The molecule has 0 radical (unpaired) electrons. The monoisotopic (exact) mass is 327 g/mol. The van der Waals surface area contributed by atoms with Crippen molar-refractivity contribution < 1.29 is 4.79 Å². The Labute approximate surface area is 145 Å². The summed E-state index contributed by atoms with van der Waals surface area (Å²) in [5.74, 6) is -0.111. The van der Waals surface area contributed by atoms with Crippen molar-refractivity contribution in [3.63, 3.8) is 0 Å². The minimum absolute atomic E-state index is 0.111. The van der Waals surface area contributed by atoms with Gasteiger partial charge in [-0.05, 0) is 50.8 Å². The van der Waals surface area contributed by atoms with Gasteiger partial charge in [-0.1, -0.05) is 26.2 Å². The molecule has 0 bridgehead atoms. The number of rotatable bonds is 4. The summed E-state index contributed by atoms with van der Waals surface area (Å²) >= 11 is 0. The second-order valence-corrected chi connectivity index (χ2v) is 6.71. The molecule has 0 aliphatic carbocycles. The van der Waals surface area contributed by atoms with Crippen molar-refractivity contribution in [1.29, 1.82) is 5.26 Å². The number of aromatic nitrogens is 1. The van der Waals surface area contributed by atoms with Crippen LogP contribution in [-0.4, -0.2) is 28.5 Å². The molecule has 0 unspecified atom stereocenters. The molecule has 1 aromatic rings. The van der Waals surface area contributed by atoms with Gasteiger partial charge < -0.3 is 9.47 Å². The molecule has 4 nitrogen and oxygen atoms in total. The highest BCUT2D eigenvalue weighted by molar-refractivity contribution is 6.01. The minimum atomic E-state index is -0.111. The minimum Gasteiger partial charge on any atom is -0.349 e. The Morgan fingerprint density at radius 1 is 1.21 bits per heavy atom. The summed E-state index contributed by atoms with van der Waals surface area (Å²) in [7, 11) is 0. The first-order valence-electron chi connectivity index (χ1n) is 9.16. The molecule has 1 aliphatic heterocycles. The van der Waals surface area contributed by atoms with E-state index in [1.807, 2.05) is 4.90 Å². The Morgan fingerprint density at radius 2 is 1.83 bits per heavy atom. The molecule has 4 heteroatoms. The van der Waals surface area contributed by atoms with E-state index in [4.69, 9.17) is 0 Å². The van der Waals surface area contributed by atoms with Gasteiger partial charge in [-0.3, -0.25) is 4.79 Å². The summed E-state index contributed by atoms with van der Waals surface area (Å²) in [4.78, 5) is 14.6.